The molecule has 3 heterocycles. The van der Waals surface area contributed by atoms with Gasteiger partial charge in [-0.1, -0.05) is 24.6 Å². The Morgan fingerprint density at radius 2 is 2.03 bits per heavy atom. The van der Waals surface area contributed by atoms with Crippen LogP contribution in [0.15, 0.2) is 48.8 Å². The number of benzene rings is 1. The van der Waals surface area contributed by atoms with Gasteiger partial charge >= 0.3 is 0 Å². The Kier molecular flexibility index (Phi) is 6.29. The van der Waals surface area contributed by atoms with E-state index in [2.05, 4.69) is 62.4 Å². The summed E-state index contributed by atoms with van der Waals surface area (Å²) in [7, 11) is 0. The van der Waals surface area contributed by atoms with E-state index < -0.39 is 0 Å². The van der Waals surface area contributed by atoms with Gasteiger partial charge in [0.25, 0.3) is 0 Å². The van der Waals surface area contributed by atoms with E-state index in [4.69, 9.17) is 5.10 Å². The fraction of sp³-hybridized carbons (Fsp3) is 0.536. The van der Waals surface area contributed by atoms with Gasteiger partial charge in [-0.15, -0.1) is 0 Å². The smallest absolute Gasteiger partial charge is 0.223 e. The molecule has 2 aliphatic carbocycles. The van der Waals surface area contributed by atoms with Gasteiger partial charge in [-0.2, -0.15) is 5.10 Å². The lowest BCUT2D eigenvalue weighted by Crippen LogP contribution is -2.45. The Hall–Kier alpha value is -2.77. The third kappa shape index (κ3) is 4.84. The Morgan fingerprint density at radius 1 is 1.11 bits per heavy atom. The molecule has 1 aliphatic heterocycles. The van der Waals surface area contributed by atoms with Crippen molar-refractivity contribution in [2.75, 3.05) is 0 Å². The largest absolute Gasteiger partial charge is 0.353 e. The lowest BCUT2D eigenvalue weighted by atomic mass is 9.74. The van der Waals surface area contributed by atoms with Gasteiger partial charge in [0.2, 0.25) is 5.91 Å². The van der Waals surface area contributed by atoms with Crippen molar-refractivity contribution < 1.29 is 4.79 Å². The minimum Gasteiger partial charge on any atom is -0.353 e. The third-order valence-corrected chi connectivity index (χ3v) is 8.44. The first-order chi connectivity index (χ1) is 17.1. The summed E-state index contributed by atoms with van der Waals surface area (Å²) in [6, 6.07) is 13.5. The minimum atomic E-state index is 0.0974. The van der Waals surface area contributed by atoms with Gasteiger partial charge in [0.05, 0.1) is 11.6 Å². The highest BCUT2D eigenvalue weighted by atomic mass is 16.1. The van der Waals surface area contributed by atoms with Crippen LogP contribution < -0.4 is 16.2 Å². The van der Waals surface area contributed by atoms with Crippen LogP contribution in [0.25, 0.3) is 10.9 Å². The zero-order valence-electron chi connectivity index (χ0n) is 20.5. The van der Waals surface area contributed by atoms with Crippen LogP contribution in [0.1, 0.15) is 62.2 Å². The predicted octanol–water partition coefficient (Wildman–Crippen LogP) is 4.05. The van der Waals surface area contributed by atoms with Gasteiger partial charge in [0, 0.05) is 48.0 Å². The number of carbonyl (C=O) groups is 1. The lowest BCUT2D eigenvalue weighted by molar-refractivity contribution is -0.127. The van der Waals surface area contributed by atoms with Crippen molar-refractivity contribution in [2.24, 2.45) is 17.8 Å². The predicted molar refractivity (Wildman–Crippen MR) is 136 cm³/mol. The quantitative estimate of drug-likeness (QED) is 0.522. The summed E-state index contributed by atoms with van der Waals surface area (Å²) in [5.74, 6) is 1.34. The third-order valence-electron chi connectivity index (χ3n) is 8.44. The maximum absolute atomic E-state index is 13.4. The molecule has 2 saturated carbocycles. The SMILES string of the molecule is Cc1cc(C2NNC3CCC(C(=O)NC4CCCC(Cn5cc6ccccc6n5)C4)CC32)ccn1. The summed E-state index contributed by atoms with van der Waals surface area (Å²) in [5, 5.41) is 9.40. The lowest BCUT2D eigenvalue weighted by Gasteiger charge is -2.35. The maximum Gasteiger partial charge on any atom is 0.223 e. The summed E-state index contributed by atoms with van der Waals surface area (Å²) < 4.78 is 2.10. The van der Waals surface area contributed by atoms with Crippen molar-refractivity contribution in [1.82, 2.24) is 30.9 Å². The number of hydrazine groups is 1. The topological polar surface area (TPSA) is 83.9 Å². The number of amides is 1. The van der Waals surface area contributed by atoms with E-state index in [9.17, 15) is 4.79 Å². The van der Waals surface area contributed by atoms with Crippen LogP contribution in [0, 0.1) is 24.7 Å². The molecule has 0 spiro atoms. The summed E-state index contributed by atoms with van der Waals surface area (Å²) in [6.45, 7) is 2.96. The van der Waals surface area contributed by atoms with Crippen molar-refractivity contribution in [3.05, 3.63) is 60.0 Å². The van der Waals surface area contributed by atoms with Gasteiger partial charge in [-0.25, -0.2) is 5.43 Å². The Balaban J connectivity index is 1.06. The molecule has 35 heavy (non-hydrogen) atoms. The van der Waals surface area contributed by atoms with Gasteiger partial charge in [-0.05, 0) is 81.0 Å². The number of aryl methyl sites for hydroxylation is 1. The average molecular weight is 473 g/mol. The fourth-order valence-electron chi connectivity index (χ4n) is 6.67. The fourth-order valence-corrected chi connectivity index (χ4v) is 6.67. The molecule has 3 fully saturated rings. The molecule has 6 rings (SSSR count). The second kappa shape index (κ2) is 9.70. The molecular weight excluding hydrogens is 436 g/mol. The van der Waals surface area contributed by atoms with Gasteiger partial charge < -0.3 is 5.32 Å². The van der Waals surface area contributed by atoms with E-state index in [1.54, 1.807) is 0 Å². The molecule has 6 unspecified atom stereocenters. The molecule has 0 radical (unpaired) electrons. The molecule has 184 valence electrons. The van der Waals surface area contributed by atoms with Gasteiger partial charge in [0.15, 0.2) is 0 Å². The maximum atomic E-state index is 13.4. The number of rotatable bonds is 5. The van der Waals surface area contributed by atoms with Crippen molar-refractivity contribution in [2.45, 2.75) is 76.5 Å². The van der Waals surface area contributed by atoms with Crippen LogP contribution in [0.4, 0.5) is 0 Å². The molecule has 3 aromatic rings. The normalized spacial score (nSPS) is 30.8. The minimum absolute atomic E-state index is 0.0974. The highest BCUT2D eigenvalue weighted by molar-refractivity contribution is 5.79. The van der Waals surface area contributed by atoms with Crippen LogP contribution in [0.2, 0.25) is 0 Å². The monoisotopic (exact) mass is 472 g/mol. The van der Waals surface area contributed by atoms with Crippen LogP contribution in [-0.2, 0) is 11.3 Å². The summed E-state index contributed by atoms with van der Waals surface area (Å²) in [4.78, 5) is 17.7. The van der Waals surface area contributed by atoms with E-state index in [1.807, 2.05) is 19.2 Å². The molecule has 7 nitrogen and oxygen atoms in total. The summed E-state index contributed by atoms with van der Waals surface area (Å²) >= 11 is 0. The number of aromatic nitrogens is 3. The molecule has 3 aliphatic rings. The average Bonchev–Trinajstić information content (AvgIpc) is 3.47. The molecule has 1 aromatic carbocycles. The van der Waals surface area contributed by atoms with Crippen LogP contribution in [0.5, 0.6) is 0 Å². The zero-order chi connectivity index (χ0) is 23.8. The van der Waals surface area contributed by atoms with Crippen molar-refractivity contribution in [1.29, 1.82) is 0 Å². The first-order valence-corrected chi connectivity index (χ1v) is 13.3. The molecule has 1 saturated heterocycles. The Labute approximate surface area is 207 Å². The zero-order valence-corrected chi connectivity index (χ0v) is 20.5. The molecular formula is C28H36N6O. The van der Waals surface area contributed by atoms with Crippen molar-refractivity contribution >= 4 is 16.8 Å². The highest BCUT2D eigenvalue weighted by Gasteiger charge is 2.43. The molecule has 1 amide bonds. The number of fused-ring (bicyclic) bond motifs is 2. The second-order valence-corrected chi connectivity index (χ2v) is 10.9. The van der Waals surface area contributed by atoms with Crippen LogP contribution >= 0.6 is 0 Å². The first kappa shape index (κ1) is 22.7. The number of nitrogens with one attached hydrogen (secondary N) is 3. The molecule has 3 N–H and O–H groups in total. The number of nitrogens with zero attached hydrogens (tertiary/aromatic N) is 3. The summed E-state index contributed by atoms with van der Waals surface area (Å²) in [6.07, 6.45) is 11.5. The number of hydrogen-bond acceptors (Lipinski definition) is 5. The standard InChI is InChI=1S/C28H36N6O/c1-18-13-20(11-12-29-18)27-24-15-21(9-10-26(24)31-32-27)28(35)30-23-7-4-5-19(14-23)16-34-17-22-6-2-3-8-25(22)33-34/h2-3,6,8,11-13,17,19,21,23-24,26-27,31-32H,4-5,7,9-10,14-16H2,1H3,(H,30,35). The Morgan fingerprint density at radius 3 is 2.91 bits per heavy atom. The van der Waals surface area contributed by atoms with E-state index in [0.717, 1.165) is 49.9 Å². The van der Waals surface area contributed by atoms with E-state index in [1.165, 1.54) is 23.8 Å². The van der Waals surface area contributed by atoms with Crippen molar-refractivity contribution in [3.8, 4) is 0 Å². The summed E-state index contributed by atoms with van der Waals surface area (Å²) in [5.41, 5.74) is 10.4. The number of pyridine rings is 1. The Bertz CT molecular complexity index is 1160. The molecule has 0 bridgehead atoms. The van der Waals surface area contributed by atoms with E-state index in [0.29, 0.717) is 17.9 Å². The van der Waals surface area contributed by atoms with Gasteiger partial charge in [-0.3, -0.25) is 19.9 Å². The number of carbonyl (C=O) groups excluding carboxylic acids is 1. The molecule has 7 heteroatoms. The second-order valence-electron chi connectivity index (χ2n) is 10.9. The van der Waals surface area contributed by atoms with E-state index >= 15 is 0 Å². The highest BCUT2D eigenvalue weighted by Crippen LogP contribution is 2.40. The molecule has 2 aromatic heterocycles. The van der Waals surface area contributed by atoms with E-state index in [-0.39, 0.29) is 23.9 Å². The molecule has 6 atom stereocenters. The first-order valence-electron chi connectivity index (χ1n) is 13.3. The van der Waals surface area contributed by atoms with Crippen LogP contribution in [0.3, 0.4) is 0 Å². The number of hydrogen-bond donors (Lipinski definition) is 3. The van der Waals surface area contributed by atoms with Crippen LogP contribution in [-0.4, -0.2) is 32.8 Å². The van der Waals surface area contributed by atoms with Gasteiger partial charge in [0.1, 0.15) is 0 Å². The van der Waals surface area contributed by atoms with Crippen molar-refractivity contribution in [3.63, 3.8) is 0 Å².